The second kappa shape index (κ2) is 21.9. The molecule has 0 radical (unpaired) electrons. The van der Waals surface area contributed by atoms with Crippen molar-refractivity contribution in [2.45, 2.75) is 199 Å². The molecule has 0 bridgehead atoms. The number of aliphatic carboxylic acids is 2. The topological polar surface area (TPSA) is 231 Å². The zero-order valence-corrected chi connectivity index (χ0v) is 50.9. The van der Waals surface area contributed by atoms with Crippen molar-refractivity contribution in [2.24, 2.45) is 66.0 Å². The van der Waals surface area contributed by atoms with Gasteiger partial charge in [-0.1, -0.05) is 106 Å². The van der Waals surface area contributed by atoms with Crippen LogP contribution in [-0.4, -0.2) is 99.1 Å². The van der Waals surface area contributed by atoms with Gasteiger partial charge in [0, 0.05) is 16.4 Å². The van der Waals surface area contributed by atoms with Crippen LogP contribution in [0.25, 0.3) is 0 Å². The van der Waals surface area contributed by atoms with Gasteiger partial charge in [0.05, 0.1) is 37.3 Å². The van der Waals surface area contributed by atoms with Gasteiger partial charge in [0.1, 0.15) is 0 Å². The molecule has 0 spiro atoms. The largest absolute Gasteiger partial charge is 1.00 e. The molecule has 7 fully saturated rings. The molecule has 2 unspecified atom stereocenters. The third-order valence-corrected chi connectivity index (χ3v) is 24.2. The first kappa shape index (κ1) is 66.8. The maximum Gasteiger partial charge on any atom is 1.00 e. The fourth-order valence-corrected chi connectivity index (χ4v) is 18.3. The van der Waals surface area contributed by atoms with Gasteiger partial charge in [0.2, 0.25) is 11.6 Å². The Labute approximate surface area is 494 Å². The van der Waals surface area contributed by atoms with Gasteiger partial charge in [0.15, 0.2) is 11.4 Å². The summed E-state index contributed by atoms with van der Waals surface area (Å²) in [6.45, 7) is 26.7. The minimum Gasteiger partial charge on any atom is -0.857 e. The summed E-state index contributed by atoms with van der Waals surface area (Å²) in [7, 11) is 0.750. The number of carbonyl (C=O) groups excluding carboxylic acids is 2. The summed E-state index contributed by atoms with van der Waals surface area (Å²) in [4.78, 5) is 50.5. The molecule has 0 amide bonds. The van der Waals surface area contributed by atoms with Crippen molar-refractivity contribution in [2.75, 3.05) is 33.5 Å². The standard InChI is InChI=1S/C31H42O6.C29H38O4.C2H6O2.CH3O.2CH4.Na/c1-25-9-10-26(2,24(33)34)18-22(25)29(5)14-12-27(3)20-17-23(32)31(35)30(6,36-15-16-37-31)19(20)7-8-21(27)28(29,4)13-11-25;1-17-18-7-8-21-27(4,19(18)15-20(30)23(17)31)12-14-29(6)22-16-26(3,24(32)33)10-9-25(22,2)11-13-28(21,29)5;3-1-2-4;1-2;;;/h7-8,17,22,35H,9-16,18H2,1-6H3,(H,33,34);7-8,15,22,31H,9-14,16H2,1-6H3,(H,32,33);3-4H,1-2H2;1H3;2*1H4;/q;;;-1;;;+1/t22-,25-,26-,27+,28-,29+,30?,31?;22-,25-,26-,27+,28-,29+;;;;;/m11...../s1. The van der Waals surface area contributed by atoms with Crippen LogP contribution in [0, 0.1) is 66.0 Å². The van der Waals surface area contributed by atoms with Gasteiger partial charge < -0.3 is 45.2 Å². The van der Waals surface area contributed by atoms with Crippen molar-refractivity contribution >= 4 is 23.5 Å². The van der Waals surface area contributed by atoms with E-state index in [4.69, 9.17) is 24.8 Å². The average molecular weight is 1110 g/mol. The first-order chi connectivity index (χ1) is 35.2. The number of hydrogen-bond donors (Lipinski definition) is 6. The second-order valence-corrected chi connectivity index (χ2v) is 27.7. The molecule has 13 nitrogen and oxygen atoms in total. The predicted molar refractivity (Wildman–Crippen MR) is 301 cm³/mol. The summed E-state index contributed by atoms with van der Waals surface area (Å²) in [6, 6.07) is 0. The van der Waals surface area contributed by atoms with Gasteiger partial charge in [-0.3, -0.25) is 19.2 Å². The number of fused-ring (bicyclic) bond motifs is 16. The van der Waals surface area contributed by atoms with Crippen LogP contribution < -0.4 is 34.7 Å². The van der Waals surface area contributed by atoms with Gasteiger partial charge in [-0.15, -0.1) is 0 Å². The number of rotatable bonds is 3. The first-order valence-corrected chi connectivity index (χ1v) is 28.1. The summed E-state index contributed by atoms with van der Waals surface area (Å²) in [5, 5.41) is 65.3. The summed E-state index contributed by atoms with van der Waals surface area (Å²) in [5.41, 5.74) is 4.11. The molecule has 0 aromatic rings. The molecule has 14 atom stereocenters. The van der Waals surface area contributed by atoms with Crippen molar-refractivity contribution in [3.05, 3.63) is 81.2 Å². The number of ether oxygens (including phenoxy) is 2. The molecule has 1 saturated heterocycles. The van der Waals surface area contributed by atoms with E-state index in [0.717, 1.165) is 113 Å². The number of aliphatic hydroxyl groups is 4. The first-order valence-electron chi connectivity index (χ1n) is 28.1. The normalized spacial score (nSPS) is 44.7. The minimum atomic E-state index is -2.01. The van der Waals surface area contributed by atoms with Crippen LogP contribution in [0.1, 0.15) is 188 Å². The fraction of sp³-hybridized carbons (Fsp3) is 0.723. The van der Waals surface area contributed by atoms with E-state index in [0.29, 0.717) is 30.4 Å². The Morgan fingerprint density at radius 1 is 0.582 bits per heavy atom. The van der Waals surface area contributed by atoms with Crippen LogP contribution in [0.3, 0.4) is 0 Å². The van der Waals surface area contributed by atoms with Gasteiger partial charge in [-0.25, -0.2) is 0 Å². The predicted octanol–water partition coefficient (Wildman–Crippen LogP) is 8.28. The van der Waals surface area contributed by atoms with E-state index in [-0.39, 0.29) is 119 Å². The monoisotopic (exact) mass is 1110 g/mol. The number of carboxylic acid groups (broad SMARTS) is 2. The number of aliphatic hydroxyl groups excluding tert-OH is 3. The van der Waals surface area contributed by atoms with Gasteiger partial charge >= 0.3 is 41.5 Å². The number of carbonyl (C=O) groups is 4. The van der Waals surface area contributed by atoms with Crippen molar-refractivity contribution < 1.29 is 94.0 Å². The van der Waals surface area contributed by atoms with E-state index >= 15 is 0 Å². The Kier molecular flexibility index (Phi) is 18.5. The number of ketones is 2. The summed E-state index contributed by atoms with van der Waals surface area (Å²) < 4.78 is 11.8. The van der Waals surface area contributed by atoms with Crippen LogP contribution in [0.15, 0.2) is 81.2 Å². The number of carboxylic acids is 2. The summed E-state index contributed by atoms with van der Waals surface area (Å²) >= 11 is 0. The van der Waals surface area contributed by atoms with Gasteiger partial charge in [-0.2, -0.15) is 7.11 Å². The van der Waals surface area contributed by atoms with Crippen LogP contribution in [-0.2, 0) is 28.7 Å². The van der Waals surface area contributed by atoms with Crippen molar-refractivity contribution in [1.29, 1.82) is 0 Å². The molecule has 0 aromatic carbocycles. The molecule has 11 aliphatic rings. The van der Waals surface area contributed by atoms with Crippen LogP contribution in [0.5, 0.6) is 0 Å². The third-order valence-electron chi connectivity index (χ3n) is 24.2. The molecule has 0 aromatic heterocycles. The third kappa shape index (κ3) is 9.24. The fourth-order valence-electron chi connectivity index (χ4n) is 18.3. The molecule has 14 heteroatoms. The molecule has 11 rings (SSSR count). The van der Waals surface area contributed by atoms with Crippen LogP contribution in [0.2, 0.25) is 0 Å². The quantitative estimate of drug-likeness (QED) is 0.146. The van der Waals surface area contributed by atoms with E-state index in [2.05, 4.69) is 79.7 Å². The minimum absolute atomic E-state index is 0. The molecule has 6 N–H and O–H groups in total. The maximum absolute atomic E-state index is 13.4. The van der Waals surface area contributed by atoms with E-state index < -0.39 is 39.9 Å². The molecule has 79 heavy (non-hydrogen) atoms. The van der Waals surface area contributed by atoms with E-state index in [9.17, 15) is 39.6 Å². The van der Waals surface area contributed by atoms with Crippen molar-refractivity contribution in [1.82, 2.24) is 0 Å². The Morgan fingerprint density at radius 3 is 1.44 bits per heavy atom. The SMILES string of the molecule is C.C.CC12OCCOC1(O)C(=O)C=C1C2=CC=C2[C@@]1(C)CC[C@@]1(C)[C@@H]3C[C@](C)(C(=O)O)CC[C@]3(C)CC[C@]21C.CC1=C(O)C(=O)C=C2C1=CC=C1[C@@]2(C)CC[C@@]2(C)[C@@H]3C[C@](C)(C(=O)O)CC[C@]3(C)CC[C@]12C.C[O-].OCCO.[Na+]. The molecule has 436 valence electrons. The van der Waals surface area contributed by atoms with E-state index in [1.165, 1.54) is 11.1 Å². The average Bonchev–Trinajstić information content (AvgIpc) is 3.46. The Hall–Kier alpha value is -2.98. The molecule has 1 aliphatic heterocycles. The Balaban J connectivity index is 0.000000257. The Morgan fingerprint density at radius 2 is 1.00 bits per heavy atom. The molecular weight excluding hydrogens is 1010 g/mol. The molecule has 1 heterocycles. The molecule has 10 aliphatic carbocycles. The number of hydrogen-bond acceptors (Lipinski definition) is 11. The van der Waals surface area contributed by atoms with E-state index in [1.807, 2.05) is 20.8 Å². The maximum atomic E-state index is 13.4. The number of allylic oxidation sites excluding steroid dienone is 10. The van der Waals surface area contributed by atoms with E-state index in [1.54, 1.807) is 19.1 Å². The molecular formula is C65H97NaO13. The van der Waals surface area contributed by atoms with Gasteiger partial charge in [-0.05, 0) is 196 Å². The van der Waals surface area contributed by atoms with Crippen molar-refractivity contribution in [3.8, 4) is 0 Å². The second-order valence-electron chi connectivity index (χ2n) is 27.7. The zero-order chi connectivity index (χ0) is 56.5. The molecule has 6 saturated carbocycles. The summed E-state index contributed by atoms with van der Waals surface area (Å²) in [5.74, 6) is -3.54. The zero-order valence-electron chi connectivity index (χ0n) is 48.9. The van der Waals surface area contributed by atoms with Crippen LogP contribution in [0.4, 0.5) is 0 Å². The van der Waals surface area contributed by atoms with Crippen molar-refractivity contribution in [3.63, 3.8) is 0 Å². The summed E-state index contributed by atoms with van der Waals surface area (Å²) in [6.07, 6.45) is 25.0. The van der Waals surface area contributed by atoms with Gasteiger partial charge in [0.25, 0.3) is 5.79 Å². The Bertz CT molecular complexity index is 2710. The smallest absolute Gasteiger partial charge is 0.857 e. The van der Waals surface area contributed by atoms with Crippen LogP contribution >= 0.6 is 0 Å².